The fourth-order valence-corrected chi connectivity index (χ4v) is 4.39. The molecule has 1 saturated heterocycles. The van der Waals surface area contributed by atoms with Gasteiger partial charge < -0.3 is 9.42 Å². The zero-order valence-corrected chi connectivity index (χ0v) is 12.0. The maximum absolute atomic E-state index is 12.2. The summed E-state index contributed by atoms with van der Waals surface area (Å²) in [6.07, 6.45) is 2.50. The number of carbonyl (C=O) groups excluding carboxylic acids is 1. The molecule has 0 N–H and O–H groups in total. The van der Waals surface area contributed by atoms with E-state index in [0.717, 1.165) is 25.3 Å². The van der Waals surface area contributed by atoms with E-state index in [2.05, 4.69) is 22.7 Å². The average molecular weight is 294 g/mol. The number of thiophene rings is 1. The predicted molar refractivity (Wildman–Crippen MR) is 76.5 cm³/mol. The van der Waals surface area contributed by atoms with Crippen molar-refractivity contribution < 1.29 is 9.32 Å². The zero-order chi connectivity index (χ0) is 13.1. The van der Waals surface area contributed by atoms with Crippen molar-refractivity contribution in [2.24, 2.45) is 0 Å². The summed E-state index contributed by atoms with van der Waals surface area (Å²) in [5, 5.41) is 6.21. The molecule has 1 aliphatic rings. The molecule has 0 spiro atoms. The monoisotopic (exact) mass is 294 g/mol. The van der Waals surface area contributed by atoms with E-state index in [-0.39, 0.29) is 5.91 Å². The van der Waals surface area contributed by atoms with Gasteiger partial charge in [-0.25, -0.2) is 0 Å². The first-order valence-electron chi connectivity index (χ1n) is 6.19. The van der Waals surface area contributed by atoms with E-state index >= 15 is 0 Å². The van der Waals surface area contributed by atoms with Gasteiger partial charge in [-0.1, -0.05) is 11.2 Å². The van der Waals surface area contributed by atoms with E-state index < -0.39 is 0 Å². The minimum atomic E-state index is -0.0510. The van der Waals surface area contributed by atoms with Gasteiger partial charge in [0.15, 0.2) is 0 Å². The van der Waals surface area contributed by atoms with Crippen LogP contribution in [0.25, 0.3) is 0 Å². The quantitative estimate of drug-likeness (QED) is 0.854. The van der Waals surface area contributed by atoms with Gasteiger partial charge in [-0.15, -0.1) is 11.3 Å². The highest BCUT2D eigenvalue weighted by Crippen LogP contribution is 2.36. The molecule has 1 fully saturated rings. The number of aromatic nitrogens is 1. The summed E-state index contributed by atoms with van der Waals surface area (Å²) < 4.78 is 4.94. The Labute approximate surface area is 119 Å². The Balaban J connectivity index is 1.66. The van der Waals surface area contributed by atoms with Crippen molar-refractivity contribution in [3.8, 4) is 0 Å². The van der Waals surface area contributed by atoms with Crippen molar-refractivity contribution in [3.05, 3.63) is 40.4 Å². The number of hydrogen-bond donors (Lipinski definition) is 0. The first-order chi connectivity index (χ1) is 9.34. The molecule has 1 aliphatic heterocycles. The SMILES string of the molecule is O=C(c1ccno1)N1CCS[C@@H](c2cccs2)CC1. The Bertz CT molecular complexity index is 525. The second-order valence-corrected chi connectivity index (χ2v) is 6.62. The summed E-state index contributed by atoms with van der Waals surface area (Å²) >= 11 is 3.72. The van der Waals surface area contributed by atoms with Crippen LogP contribution in [0.1, 0.15) is 27.1 Å². The Hall–Kier alpha value is -1.27. The maximum Gasteiger partial charge on any atom is 0.292 e. The summed E-state index contributed by atoms with van der Waals surface area (Å²) in [6, 6.07) is 5.89. The van der Waals surface area contributed by atoms with Gasteiger partial charge in [0.25, 0.3) is 5.91 Å². The van der Waals surface area contributed by atoms with Gasteiger partial charge in [0.05, 0.1) is 6.20 Å². The maximum atomic E-state index is 12.2. The normalized spacial score (nSPS) is 20.2. The number of carbonyl (C=O) groups is 1. The van der Waals surface area contributed by atoms with E-state index in [9.17, 15) is 4.79 Å². The molecule has 1 atom stereocenters. The summed E-state index contributed by atoms with van der Waals surface area (Å²) in [5.41, 5.74) is 0. The molecule has 0 aliphatic carbocycles. The highest BCUT2D eigenvalue weighted by atomic mass is 32.2. The lowest BCUT2D eigenvalue weighted by atomic mass is 10.2. The first kappa shape index (κ1) is 12.7. The molecule has 1 amide bonds. The third-order valence-corrected chi connectivity index (χ3v) is 5.58. The van der Waals surface area contributed by atoms with Crippen LogP contribution in [0.3, 0.4) is 0 Å². The van der Waals surface area contributed by atoms with Gasteiger partial charge >= 0.3 is 0 Å². The Kier molecular flexibility index (Phi) is 3.89. The lowest BCUT2D eigenvalue weighted by Crippen LogP contribution is -2.32. The molecule has 3 rings (SSSR count). The second kappa shape index (κ2) is 5.79. The van der Waals surface area contributed by atoms with E-state index in [0.29, 0.717) is 11.0 Å². The molecule has 0 aromatic carbocycles. The van der Waals surface area contributed by atoms with Crippen LogP contribution < -0.4 is 0 Å². The highest BCUT2D eigenvalue weighted by Gasteiger charge is 2.24. The molecular weight excluding hydrogens is 280 g/mol. The number of rotatable bonds is 2. The number of hydrogen-bond acceptors (Lipinski definition) is 5. The van der Waals surface area contributed by atoms with Gasteiger partial charge in [-0.2, -0.15) is 11.8 Å². The Morgan fingerprint density at radius 1 is 1.42 bits per heavy atom. The summed E-state index contributed by atoms with van der Waals surface area (Å²) in [4.78, 5) is 15.5. The van der Waals surface area contributed by atoms with Gasteiger partial charge in [-0.3, -0.25) is 4.79 Å². The third kappa shape index (κ3) is 2.84. The van der Waals surface area contributed by atoms with Gasteiger partial charge in [-0.05, 0) is 17.9 Å². The predicted octanol–water partition coefficient (Wildman–Crippen LogP) is 3.06. The number of amides is 1. The van der Waals surface area contributed by atoms with Gasteiger partial charge in [0, 0.05) is 35.0 Å². The third-order valence-electron chi connectivity index (χ3n) is 3.14. The van der Waals surface area contributed by atoms with Crippen molar-refractivity contribution in [2.45, 2.75) is 11.7 Å². The number of nitrogens with zero attached hydrogens (tertiary/aromatic N) is 2. The van der Waals surface area contributed by atoms with Crippen molar-refractivity contribution >= 4 is 29.0 Å². The molecule has 3 heterocycles. The van der Waals surface area contributed by atoms with Crippen LogP contribution in [-0.2, 0) is 0 Å². The van der Waals surface area contributed by atoms with Gasteiger partial charge in [0.2, 0.25) is 5.76 Å². The molecule has 19 heavy (non-hydrogen) atoms. The molecular formula is C13H14N2O2S2. The van der Waals surface area contributed by atoms with Crippen molar-refractivity contribution in [2.75, 3.05) is 18.8 Å². The van der Waals surface area contributed by atoms with E-state index in [1.54, 1.807) is 17.4 Å². The first-order valence-corrected chi connectivity index (χ1v) is 8.12. The summed E-state index contributed by atoms with van der Waals surface area (Å²) in [5.74, 6) is 1.24. The lowest BCUT2D eigenvalue weighted by molar-refractivity contribution is 0.0725. The topological polar surface area (TPSA) is 46.3 Å². The molecule has 2 aromatic rings. The number of thioether (sulfide) groups is 1. The van der Waals surface area contributed by atoms with Crippen molar-refractivity contribution in [1.82, 2.24) is 10.1 Å². The van der Waals surface area contributed by atoms with Crippen LogP contribution in [-0.4, -0.2) is 34.8 Å². The fourth-order valence-electron chi connectivity index (χ4n) is 2.16. The minimum Gasteiger partial charge on any atom is -0.351 e. The van der Waals surface area contributed by atoms with Crippen LogP contribution in [0.4, 0.5) is 0 Å². The highest BCUT2D eigenvalue weighted by molar-refractivity contribution is 7.99. The van der Waals surface area contributed by atoms with Crippen LogP contribution >= 0.6 is 23.1 Å². The summed E-state index contributed by atoms with van der Waals surface area (Å²) in [6.45, 7) is 1.54. The molecule has 0 radical (unpaired) electrons. The standard InChI is InChI=1S/C13H14N2O2S2/c16-13(10-3-5-14-17-10)15-6-4-12(19-9-7-15)11-2-1-8-18-11/h1-3,5,8,12H,4,6-7,9H2/t12-/m1/s1. The molecule has 4 nitrogen and oxygen atoms in total. The molecule has 0 bridgehead atoms. The van der Waals surface area contributed by atoms with E-state index in [4.69, 9.17) is 4.52 Å². The second-order valence-electron chi connectivity index (χ2n) is 4.33. The van der Waals surface area contributed by atoms with Crippen molar-refractivity contribution in [1.29, 1.82) is 0 Å². The molecule has 6 heteroatoms. The van der Waals surface area contributed by atoms with Crippen LogP contribution in [0.2, 0.25) is 0 Å². The molecule has 0 unspecified atom stereocenters. The average Bonchev–Trinajstić information content (AvgIpc) is 3.08. The van der Waals surface area contributed by atoms with Crippen LogP contribution in [0.5, 0.6) is 0 Å². The Morgan fingerprint density at radius 3 is 3.11 bits per heavy atom. The lowest BCUT2D eigenvalue weighted by Gasteiger charge is -2.18. The molecule has 100 valence electrons. The van der Waals surface area contributed by atoms with E-state index in [1.807, 2.05) is 16.7 Å². The zero-order valence-electron chi connectivity index (χ0n) is 10.3. The van der Waals surface area contributed by atoms with Crippen molar-refractivity contribution in [3.63, 3.8) is 0 Å². The molecule has 0 saturated carbocycles. The summed E-state index contributed by atoms with van der Waals surface area (Å²) in [7, 11) is 0. The fraction of sp³-hybridized carbons (Fsp3) is 0.385. The van der Waals surface area contributed by atoms with Gasteiger partial charge in [0.1, 0.15) is 0 Å². The van der Waals surface area contributed by atoms with Crippen LogP contribution in [0, 0.1) is 0 Å². The Morgan fingerprint density at radius 2 is 2.37 bits per heavy atom. The largest absolute Gasteiger partial charge is 0.351 e. The van der Waals surface area contributed by atoms with Crippen LogP contribution in [0.15, 0.2) is 34.3 Å². The minimum absolute atomic E-state index is 0.0510. The van der Waals surface area contributed by atoms with E-state index in [1.165, 1.54) is 11.1 Å². The smallest absolute Gasteiger partial charge is 0.292 e. The molecule has 2 aromatic heterocycles.